The van der Waals surface area contributed by atoms with Crippen molar-refractivity contribution in [1.29, 1.82) is 0 Å². The normalized spacial score (nSPS) is 12.6. The van der Waals surface area contributed by atoms with Gasteiger partial charge in [0.1, 0.15) is 60.4 Å². The van der Waals surface area contributed by atoms with E-state index >= 15 is 0 Å². The van der Waals surface area contributed by atoms with Gasteiger partial charge in [0, 0.05) is 56.5 Å². The Hall–Kier alpha value is -8.22. The van der Waals surface area contributed by atoms with Crippen LogP contribution >= 0.6 is 0 Å². The van der Waals surface area contributed by atoms with E-state index in [4.69, 9.17) is 18.9 Å². The first-order valence-electron chi connectivity index (χ1n) is 20.8. The van der Waals surface area contributed by atoms with Crippen molar-refractivity contribution < 1.29 is 75.9 Å². The maximum absolute atomic E-state index is 12.8. The van der Waals surface area contributed by atoms with Gasteiger partial charge >= 0.3 is 0 Å². The number of phenols is 1. The molecule has 0 saturated heterocycles. The molecule has 28 heteroatoms. The molecule has 0 aliphatic rings. The molecule has 0 unspecified atom stereocenters. The number of rotatable bonds is 16. The van der Waals surface area contributed by atoms with Crippen LogP contribution in [0.2, 0.25) is 0 Å². The number of fused-ring (bicyclic) bond motifs is 3. The fraction of sp³-hybridized carbons (Fsp3) is 0.0870. The molecular weight excluding hydrogens is 1050 g/mol. The number of methoxy groups -OCH3 is 4. The maximum Gasteiger partial charge on any atom is 0.296 e. The first-order chi connectivity index (χ1) is 34.9. The number of nitrogens with one attached hydrogen (secondary N) is 1. The molecule has 0 bridgehead atoms. The summed E-state index contributed by atoms with van der Waals surface area (Å²) in [6.07, 6.45) is 0. The third-order valence-corrected chi connectivity index (χ3v) is 14.5. The first kappa shape index (κ1) is 52.1. The zero-order valence-electron chi connectivity index (χ0n) is 38.4. The molecule has 24 nitrogen and oxygen atoms in total. The zero-order valence-corrected chi connectivity index (χ0v) is 41.7. The molecule has 0 amide bonds. The van der Waals surface area contributed by atoms with Gasteiger partial charge in [0.05, 0.1) is 44.7 Å². The van der Waals surface area contributed by atoms with Crippen molar-refractivity contribution in [2.45, 2.75) is 19.6 Å². The molecule has 382 valence electrons. The standard InChI is InChI=1S/C46H37N7O17S4/c1-67-28-11-8-25(9-12-28)47-26-10-14-30-24(16-26)17-43(74(64,65)66)45(46(30)54)53-52-44-32-15-13-29(71(55,56)57)20-33(32)35(21-40(44)70-4)49-51-37-23-38(68-2)36(22-39(37)69-3)50-48-27-18-34-31(42(19-27)73(61,62)63)6-5-7-41(34)72(58,59)60/h5-23,47,54H,1-4H3,(H,55,56,57)(H,58,59,60)(H,61,62,63)(H,64,65,66). The van der Waals surface area contributed by atoms with Crippen molar-refractivity contribution in [2.75, 3.05) is 33.8 Å². The minimum absolute atomic E-state index is 0.0239. The monoisotopic (exact) mass is 1090 g/mol. The van der Waals surface area contributed by atoms with E-state index in [2.05, 4.69) is 36.0 Å². The Kier molecular flexibility index (Phi) is 14.1. The molecule has 0 heterocycles. The van der Waals surface area contributed by atoms with Gasteiger partial charge in [0.2, 0.25) is 0 Å². The van der Waals surface area contributed by atoms with Crippen LogP contribution < -0.4 is 24.3 Å². The molecule has 0 saturated carbocycles. The summed E-state index contributed by atoms with van der Waals surface area (Å²) in [7, 11) is -14.5. The van der Waals surface area contributed by atoms with Gasteiger partial charge in [-0.1, -0.05) is 18.2 Å². The van der Waals surface area contributed by atoms with Gasteiger partial charge in [-0.05, 0) is 84.2 Å². The smallest absolute Gasteiger partial charge is 0.296 e. The summed E-state index contributed by atoms with van der Waals surface area (Å²) in [5.41, 5.74) is -0.146. The van der Waals surface area contributed by atoms with E-state index in [1.807, 2.05) is 0 Å². The van der Waals surface area contributed by atoms with Gasteiger partial charge in [-0.3, -0.25) is 18.2 Å². The van der Waals surface area contributed by atoms with Crippen LogP contribution in [0.1, 0.15) is 0 Å². The average Bonchev–Trinajstić information content (AvgIpc) is 3.35. The molecule has 0 aliphatic heterocycles. The number of phenolic OH excluding ortho intramolecular Hbond substituents is 1. The number of hydrogen-bond donors (Lipinski definition) is 6. The van der Waals surface area contributed by atoms with Crippen molar-refractivity contribution in [2.24, 2.45) is 30.7 Å². The first-order valence-corrected chi connectivity index (χ1v) is 26.5. The van der Waals surface area contributed by atoms with Crippen molar-refractivity contribution in [3.63, 3.8) is 0 Å². The molecule has 0 radical (unpaired) electrons. The van der Waals surface area contributed by atoms with E-state index in [0.717, 1.165) is 36.4 Å². The highest BCUT2D eigenvalue weighted by molar-refractivity contribution is 7.87. The van der Waals surface area contributed by atoms with Gasteiger partial charge in [-0.25, -0.2) is 0 Å². The van der Waals surface area contributed by atoms with Crippen molar-refractivity contribution >= 4 is 118 Å². The van der Waals surface area contributed by atoms with E-state index in [1.165, 1.54) is 77.0 Å². The Bertz CT molecular complexity index is 4180. The van der Waals surface area contributed by atoms with Crippen LogP contribution in [-0.4, -0.2) is 85.4 Å². The topological polar surface area (TPSA) is 361 Å². The van der Waals surface area contributed by atoms with Crippen LogP contribution in [0, 0.1) is 0 Å². The van der Waals surface area contributed by atoms with Crippen molar-refractivity contribution in [1.82, 2.24) is 0 Å². The van der Waals surface area contributed by atoms with Crippen LogP contribution in [0.15, 0.2) is 166 Å². The molecule has 8 aromatic carbocycles. The molecule has 0 spiro atoms. The van der Waals surface area contributed by atoms with Crippen LogP contribution in [0.5, 0.6) is 28.7 Å². The molecule has 6 N–H and O–H groups in total. The molecule has 0 aliphatic carbocycles. The molecular formula is C46H37N7O17S4. The molecule has 0 fully saturated rings. The Morgan fingerprint density at radius 1 is 0.419 bits per heavy atom. The van der Waals surface area contributed by atoms with E-state index in [1.54, 1.807) is 30.3 Å². The lowest BCUT2D eigenvalue weighted by Gasteiger charge is -2.13. The minimum atomic E-state index is -5.09. The summed E-state index contributed by atoms with van der Waals surface area (Å²) in [4.78, 5) is -2.81. The second-order valence-electron chi connectivity index (χ2n) is 15.5. The molecule has 74 heavy (non-hydrogen) atoms. The molecule has 8 aromatic rings. The lowest BCUT2D eigenvalue weighted by Crippen LogP contribution is -2.03. The second kappa shape index (κ2) is 20.0. The molecule has 0 atom stereocenters. The summed E-state index contributed by atoms with van der Waals surface area (Å²) in [5, 5.41) is 39.5. The van der Waals surface area contributed by atoms with Crippen molar-refractivity contribution in [3.05, 3.63) is 115 Å². The van der Waals surface area contributed by atoms with E-state index in [0.29, 0.717) is 17.1 Å². The summed E-state index contributed by atoms with van der Waals surface area (Å²) in [6, 6.07) is 25.2. The Morgan fingerprint density at radius 2 is 0.986 bits per heavy atom. The van der Waals surface area contributed by atoms with Crippen LogP contribution in [-0.2, 0) is 40.5 Å². The van der Waals surface area contributed by atoms with Crippen LogP contribution in [0.25, 0.3) is 32.3 Å². The van der Waals surface area contributed by atoms with Gasteiger partial charge < -0.3 is 29.4 Å². The Balaban J connectivity index is 1.20. The molecule has 0 aromatic heterocycles. The van der Waals surface area contributed by atoms with Crippen molar-refractivity contribution in [3.8, 4) is 28.7 Å². The highest BCUT2D eigenvalue weighted by atomic mass is 32.2. The summed E-state index contributed by atoms with van der Waals surface area (Å²) >= 11 is 0. The minimum Gasteiger partial charge on any atom is -0.505 e. The lowest BCUT2D eigenvalue weighted by molar-refractivity contribution is 0.405. The highest BCUT2D eigenvalue weighted by Gasteiger charge is 2.25. The van der Waals surface area contributed by atoms with Gasteiger partial charge in [-0.2, -0.15) is 38.8 Å². The van der Waals surface area contributed by atoms with Crippen LogP contribution in [0.3, 0.4) is 0 Å². The number of anilines is 2. The SMILES string of the molecule is COc1ccc(Nc2ccc3c(O)c(N=Nc4c(OC)cc(N=Nc5cc(OC)c(N=Nc6cc(S(=O)(=O)O)c7cccc(S(=O)(=O)O)c7c6)cc5OC)c5cc(S(=O)(=O)O)ccc45)c(S(=O)(=O)O)cc3c2)cc1. The predicted octanol–water partition coefficient (Wildman–Crippen LogP) is 10.9. The third kappa shape index (κ3) is 10.8. The number of benzene rings is 8. The van der Waals surface area contributed by atoms with E-state index in [-0.39, 0.29) is 78.0 Å². The molecule has 8 rings (SSSR count). The van der Waals surface area contributed by atoms with Gasteiger partial charge in [-0.15, -0.1) is 25.6 Å². The van der Waals surface area contributed by atoms with Gasteiger partial charge in [0.25, 0.3) is 40.5 Å². The van der Waals surface area contributed by atoms with Gasteiger partial charge in [0.15, 0.2) is 5.75 Å². The summed E-state index contributed by atoms with van der Waals surface area (Å²) < 4.78 is 162. The quantitative estimate of drug-likeness (QED) is 0.0387. The summed E-state index contributed by atoms with van der Waals surface area (Å²) in [6.45, 7) is 0. The third-order valence-electron chi connectivity index (χ3n) is 11.0. The average molecular weight is 1090 g/mol. The largest absolute Gasteiger partial charge is 0.505 e. The number of ether oxygens (including phenoxy) is 4. The fourth-order valence-electron chi connectivity index (χ4n) is 7.56. The predicted molar refractivity (Wildman–Crippen MR) is 268 cm³/mol. The number of hydrogen-bond acceptors (Lipinski definition) is 20. The zero-order chi connectivity index (χ0) is 53.5. The lowest BCUT2D eigenvalue weighted by atomic mass is 10.1. The highest BCUT2D eigenvalue weighted by Crippen LogP contribution is 2.48. The number of nitrogens with zero attached hydrogens (tertiary/aromatic N) is 6. The Labute approximate surface area is 420 Å². The number of aromatic hydroxyl groups is 1. The fourth-order valence-corrected chi connectivity index (χ4v) is 10.1. The maximum atomic E-state index is 12.8. The second-order valence-corrected chi connectivity index (χ2v) is 21.1. The Morgan fingerprint density at radius 3 is 1.58 bits per heavy atom. The summed E-state index contributed by atoms with van der Waals surface area (Å²) in [5.74, 6) is -0.216. The van der Waals surface area contributed by atoms with Crippen LogP contribution in [0.4, 0.5) is 45.5 Å². The van der Waals surface area contributed by atoms with E-state index in [9.17, 15) is 57.0 Å². The van der Waals surface area contributed by atoms with E-state index < -0.39 is 71.5 Å². The number of azo groups is 3.